The summed E-state index contributed by atoms with van der Waals surface area (Å²) < 4.78 is 27.0. The van der Waals surface area contributed by atoms with Crippen LogP contribution in [0, 0.1) is 0 Å². The van der Waals surface area contributed by atoms with E-state index in [0.29, 0.717) is 10.9 Å². The molecule has 19 heavy (non-hydrogen) atoms. The molecule has 106 valence electrons. The van der Waals surface area contributed by atoms with Crippen LogP contribution in [0.3, 0.4) is 0 Å². The molecule has 0 bridgehead atoms. The van der Waals surface area contributed by atoms with Crippen molar-refractivity contribution in [3.05, 3.63) is 29.8 Å². The van der Waals surface area contributed by atoms with Crippen LogP contribution in [0.5, 0.6) is 0 Å². The lowest BCUT2D eigenvalue weighted by Crippen LogP contribution is -2.32. The first-order chi connectivity index (χ1) is 9.01. The summed E-state index contributed by atoms with van der Waals surface area (Å²) in [5, 5.41) is 3.39. The zero-order chi connectivity index (χ0) is 13.9. The Bertz CT molecular complexity index is 524. The topological polar surface area (TPSA) is 58.2 Å². The molecule has 1 aromatic carbocycles. The average Bonchev–Trinajstić information content (AvgIpc) is 3.20. The second-order valence-electron chi connectivity index (χ2n) is 5.23. The molecule has 0 heterocycles. The van der Waals surface area contributed by atoms with Crippen LogP contribution in [-0.4, -0.2) is 20.5 Å². The third-order valence-corrected chi connectivity index (χ3v) is 4.94. The second kappa shape index (κ2) is 6.03. The Morgan fingerprint density at radius 1 is 1.37 bits per heavy atom. The van der Waals surface area contributed by atoms with Crippen molar-refractivity contribution < 1.29 is 8.42 Å². The Morgan fingerprint density at radius 3 is 2.74 bits per heavy atom. The molecule has 1 unspecified atom stereocenters. The van der Waals surface area contributed by atoms with Gasteiger partial charge in [-0.2, -0.15) is 0 Å². The lowest BCUT2D eigenvalue weighted by molar-refractivity contribution is 0.555. The van der Waals surface area contributed by atoms with Gasteiger partial charge in [-0.05, 0) is 43.9 Å². The molecule has 1 aliphatic rings. The molecule has 0 spiro atoms. The van der Waals surface area contributed by atoms with Crippen LogP contribution in [0.2, 0.25) is 0 Å². The van der Waals surface area contributed by atoms with Crippen molar-refractivity contribution in [3.63, 3.8) is 0 Å². The van der Waals surface area contributed by atoms with Gasteiger partial charge in [-0.25, -0.2) is 13.1 Å². The van der Waals surface area contributed by atoms with Crippen molar-refractivity contribution >= 4 is 10.0 Å². The van der Waals surface area contributed by atoms with Crippen molar-refractivity contribution in [3.8, 4) is 0 Å². The molecule has 1 saturated carbocycles. The van der Waals surface area contributed by atoms with Crippen LogP contribution < -0.4 is 10.0 Å². The fourth-order valence-corrected chi connectivity index (χ4v) is 3.19. The van der Waals surface area contributed by atoms with Crippen molar-refractivity contribution in [2.45, 2.75) is 56.6 Å². The summed E-state index contributed by atoms with van der Waals surface area (Å²) in [5.41, 5.74) is 1.01. The van der Waals surface area contributed by atoms with Gasteiger partial charge in [0.2, 0.25) is 10.0 Å². The van der Waals surface area contributed by atoms with E-state index in [1.807, 2.05) is 19.9 Å². The molecule has 1 atom stereocenters. The fourth-order valence-electron chi connectivity index (χ4n) is 1.79. The third kappa shape index (κ3) is 4.30. The van der Waals surface area contributed by atoms with E-state index in [9.17, 15) is 8.42 Å². The molecule has 1 aliphatic carbocycles. The molecule has 4 nitrogen and oxygen atoms in total. The van der Waals surface area contributed by atoms with Crippen molar-refractivity contribution in [2.75, 3.05) is 0 Å². The van der Waals surface area contributed by atoms with Gasteiger partial charge in [0.05, 0.1) is 4.90 Å². The second-order valence-corrected chi connectivity index (χ2v) is 6.95. The molecule has 0 aromatic heterocycles. The molecular formula is C14H22N2O2S. The van der Waals surface area contributed by atoms with E-state index in [1.54, 1.807) is 18.2 Å². The van der Waals surface area contributed by atoms with Crippen molar-refractivity contribution in [1.29, 1.82) is 0 Å². The molecule has 1 aromatic rings. The molecule has 2 rings (SSSR count). The van der Waals surface area contributed by atoms with Gasteiger partial charge in [0, 0.05) is 18.6 Å². The first kappa shape index (κ1) is 14.5. The highest BCUT2D eigenvalue weighted by Gasteiger charge is 2.20. The number of nitrogens with one attached hydrogen (secondary N) is 2. The Kier molecular flexibility index (Phi) is 4.60. The van der Waals surface area contributed by atoms with Gasteiger partial charge in [-0.15, -0.1) is 0 Å². The minimum Gasteiger partial charge on any atom is -0.310 e. The minimum atomic E-state index is -3.39. The maximum Gasteiger partial charge on any atom is 0.240 e. The number of rotatable bonds is 7. The number of sulfonamides is 1. The van der Waals surface area contributed by atoms with Gasteiger partial charge in [-0.1, -0.05) is 19.1 Å². The Morgan fingerprint density at radius 2 is 2.11 bits per heavy atom. The summed E-state index contributed by atoms with van der Waals surface area (Å²) in [7, 11) is -3.39. The minimum absolute atomic E-state index is 0.0433. The van der Waals surface area contributed by atoms with E-state index < -0.39 is 10.0 Å². The van der Waals surface area contributed by atoms with E-state index >= 15 is 0 Å². The zero-order valence-electron chi connectivity index (χ0n) is 11.5. The van der Waals surface area contributed by atoms with E-state index in [0.717, 1.165) is 18.5 Å². The maximum absolute atomic E-state index is 12.2. The first-order valence-corrected chi connectivity index (χ1v) is 8.34. The Labute approximate surface area is 115 Å². The SMILES string of the molecule is CCC(C)NS(=O)(=O)c1cccc(CNC2CC2)c1. The molecule has 2 N–H and O–H groups in total. The third-order valence-electron chi connectivity index (χ3n) is 3.35. The van der Waals surface area contributed by atoms with E-state index in [1.165, 1.54) is 12.8 Å². The van der Waals surface area contributed by atoms with E-state index in [2.05, 4.69) is 10.0 Å². The number of hydrogen-bond acceptors (Lipinski definition) is 3. The molecule has 0 saturated heterocycles. The van der Waals surface area contributed by atoms with Gasteiger partial charge in [-0.3, -0.25) is 0 Å². The highest BCUT2D eigenvalue weighted by molar-refractivity contribution is 7.89. The van der Waals surface area contributed by atoms with Crippen LogP contribution in [0.25, 0.3) is 0 Å². The summed E-state index contributed by atoms with van der Waals surface area (Å²) >= 11 is 0. The van der Waals surface area contributed by atoms with Crippen LogP contribution in [0.1, 0.15) is 38.7 Å². The molecular weight excluding hydrogens is 260 g/mol. The van der Waals surface area contributed by atoms with E-state index in [-0.39, 0.29) is 6.04 Å². The largest absolute Gasteiger partial charge is 0.310 e. The smallest absolute Gasteiger partial charge is 0.240 e. The van der Waals surface area contributed by atoms with Gasteiger partial charge in [0.1, 0.15) is 0 Å². The number of hydrogen-bond donors (Lipinski definition) is 2. The summed E-state index contributed by atoms with van der Waals surface area (Å²) in [4.78, 5) is 0.350. The van der Waals surface area contributed by atoms with Gasteiger partial charge in [0.25, 0.3) is 0 Å². The van der Waals surface area contributed by atoms with Gasteiger partial charge >= 0.3 is 0 Å². The van der Waals surface area contributed by atoms with E-state index in [4.69, 9.17) is 0 Å². The molecule has 0 amide bonds. The average molecular weight is 282 g/mol. The summed E-state index contributed by atoms with van der Waals surface area (Å²) in [6, 6.07) is 7.73. The number of benzene rings is 1. The van der Waals surface area contributed by atoms with Crippen LogP contribution in [-0.2, 0) is 16.6 Å². The molecule has 5 heteroatoms. The first-order valence-electron chi connectivity index (χ1n) is 6.86. The van der Waals surface area contributed by atoms with Crippen LogP contribution in [0.15, 0.2) is 29.2 Å². The lowest BCUT2D eigenvalue weighted by atomic mass is 10.2. The summed E-state index contributed by atoms with van der Waals surface area (Å²) in [6.07, 6.45) is 3.24. The zero-order valence-corrected chi connectivity index (χ0v) is 12.3. The Balaban J connectivity index is 2.07. The van der Waals surface area contributed by atoms with Gasteiger partial charge < -0.3 is 5.32 Å². The van der Waals surface area contributed by atoms with Crippen molar-refractivity contribution in [2.24, 2.45) is 0 Å². The highest BCUT2D eigenvalue weighted by Crippen LogP contribution is 2.20. The standard InChI is InChI=1S/C14H22N2O2S/c1-3-11(2)16-19(17,18)14-6-4-5-12(9-14)10-15-13-7-8-13/h4-6,9,11,13,15-16H,3,7-8,10H2,1-2H3. The summed E-state index contributed by atoms with van der Waals surface area (Å²) in [5.74, 6) is 0. The van der Waals surface area contributed by atoms with Gasteiger partial charge in [0.15, 0.2) is 0 Å². The lowest BCUT2D eigenvalue weighted by Gasteiger charge is -2.13. The normalized spacial score (nSPS) is 17.4. The predicted molar refractivity (Wildman–Crippen MR) is 76.4 cm³/mol. The predicted octanol–water partition coefficient (Wildman–Crippen LogP) is 2.02. The van der Waals surface area contributed by atoms with Crippen LogP contribution in [0.4, 0.5) is 0 Å². The maximum atomic E-state index is 12.2. The molecule has 0 radical (unpaired) electrons. The quantitative estimate of drug-likeness (QED) is 0.804. The monoisotopic (exact) mass is 282 g/mol. The fraction of sp³-hybridized carbons (Fsp3) is 0.571. The summed E-state index contributed by atoms with van der Waals surface area (Å²) in [6.45, 7) is 4.57. The van der Waals surface area contributed by atoms with Crippen molar-refractivity contribution in [1.82, 2.24) is 10.0 Å². The molecule has 1 fully saturated rings. The Hall–Kier alpha value is -0.910. The highest BCUT2D eigenvalue weighted by atomic mass is 32.2. The molecule has 0 aliphatic heterocycles. The van der Waals surface area contributed by atoms with Crippen LogP contribution >= 0.6 is 0 Å².